The third kappa shape index (κ3) is 5.98. The van der Waals surface area contributed by atoms with E-state index >= 15 is 0 Å². The summed E-state index contributed by atoms with van der Waals surface area (Å²) >= 11 is 1.51. The van der Waals surface area contributed by atoms with Crippen LogP contribution in [0.3, 0.4) is 0 Å². The zero-order valence-electron chi connectivity index (χ0n) is 17.8. The number of halogens is 2. The number of aryl methyl sites for hydroxylation is 1. The number of aromatic nitrogens is 4. The highest BCUT2D eigenvalue weighted by Gasteiger charge is 2.29. The lowest BCUT2D eigenvalue weighted by Gasteiger charge is -2.15. The van der Waals surface area contributed by atoms with Crippen molar-refractivity contribution >= 4 is 34.6 Å². The largest absolute Gasteiger partial charge is 0.339 e. The van der Waals surface area contributed by atoms with Gasteiger partial charge in [0, 0.05) is 55.4 Å². The summed E-state index contributed by atoms with van der Waals surface area (Å²) in [6.45, 7) is 4.43. The summed E-state index contributed by atoms with van der Waals surface area (Å²) in [5.41, 5.74) is 2.24. The lowest BCUT2D eigenvalue weighted by molar-refractivity contribution is -0.114. The van der Waals surface area contributed by atoms with Crippen LogP contribution in [0.25, 0.3) is 11.3 Å². The number of hydrogen-bond donors (Lipinski definition) is 2. The van der Waals surface area contributed by atoms with Crippen LogP contribution >= 0.6 is 11.3 Å². The number of nitrogens with zero attached hydrogens (tertiary/aromatic N) is 5. The van der Waals surface area contributed by atoms with Gasteiger partial charge in [-0.05, 0) is 21.0 Å². The molecule has 0 fully saturated rings. The molecule has 3 aromatic rings. The van der Waals surface area contributed by atoms with E-state index in [9.17, 15) is 13.6 Å². The topological polar surface area (TPSA) is 95.9 Å². The first-order chi connectivity index (χ1) is 14.5. The van der Waals surface area contributed by atoms with Crippen LogP contribution in [-0.4, -0.2) is 44.8 Å². The predicted molar refractivity (Wildman–Crippen MR) is 117 cm³/mol. The minimum atomic E-state index is -3.18. The highest BCUT2D eigenvalue weighted by atomic mass is 32.1. The van der Waals surface area contributed by atoms with Crippen molar-refractivity contribution in [3.8, 4) is 11.3 Å². The molecule has 164 valence electrons. The highest BCUT2D eigenvalue weighted by molar-refractivity contribution is 7.09. The van der Waals surface area contributed by atoms with Gasteiger partial charge in [0.25, 0.3) is 0 Å². The van der Waals surface area contributed by atoms with Gasteiger partial charge in [-0.2, -0.15) is 8.78 Å². The SMILES string of the molecule is CC(=O)Nc1cc(Nc2cc(C)nc(C(C)(F)F)n2)c(-c2csc(CN(C)C)n2)cn1. The molecule has 2 N–H and O–H groups in total. The fraction of sp³-hybridized carbons (Fsp3) is 0.350. The maximum atomic E-state index is 13.8. The van der Waals surface area contributed by atoms with Crippen LogP contribution in [-0.2, 0) is 17.3 Å². The molecule has 0 saturated heterocycles. The van der Waals surface area contributed by atoms with Gasteiger partial charge < -0.3 is 15.5 Å². The molecular weight excluding hydrogens is 424 g/mol. The quantitative estimate of drug-likeness (QED) is 0.561. The molecule has 8 nitrogen and oxygen atoms in total. The van der Waals surface area contributed by atoms with Gasteiger partial charge in [0.2, 0.25) is 11.7 Å². The van der Waals surface area contributed by atoms with Crippen molar-refractivity contribution < 1.29 is 13.6 Å². The molecule has 0 radical (unpaired) electrons. The smallest absolute Gasteiger partial charge is 0.303 e. The van der Waals surface area contributed by atoms with Crippen molar-refractivity contribution in [1.82, 2.24) is 24.8 Å². The van der Waals surface area contributed by atoms with Crippen LogP contribution in [0.5, 0.6) is 0 Å². The Balaban J connectivity index is 2.03. The zero-order chi connectivity index (χ0) is 22.8. The van der Waals surface area contributed by atoms with Crippen molar-refractivity contribution in [3.63, 3.8) is 0 Å². The van der Waals surface area contributed by atoms with Crippen molar-refractivity contribution in [2.24, 2.45) is 0 Å². The van der Waals surface area contributed by atoms with Gasteiger partial charge in [0.05, 0.1) is 11.4 Å². The minimum absolute atomic E-state index is 0.203. The monoisotopic (exact) mass is 447 g/mol. The summed E-state index contributed by atoms with van der Waals surface area (Å²) < 4.78 is 27.6. The Morgan fingerprint density at radius 3 is 2.58 bits per heavy atom. The number of thiazole rings is 1. The summed E-state index contributed by atoms with van der Waals surface area (Å²) in [6, 6.07) is 3.18. The first-order valence-electron chi connectivity index (χ1n) is 9.39. The van der Waals surface area contributed by atoms with E-state index in [0.717, 1.165) is 11.9 Å². The van der Waals surface area contributed by atoms with E-state index in [1.807, 2.05) is 24.4 Å². The molecule has 3 heterocycles. The number of rotatable bonds is 7. The molecule has 3 rings (SSSR count). The molecule has 0 bridgehead atoms. The van der Waals surface area contributed by atoms with Crippen molar-refractivity contribution in [2.45, 2.75) is 33.2 Å². The lowest BCUT2D eigenvalue weighted by Crippen LogP contribution is -2.14. The number of nitrogens with one attached hydrogen (secondary N) is 2. The highest BCUT2D eigenvalue weighted by Crippen LogP contribution is 2.33. The third-order valence-electron chi connectivity index (χ3n) is 4.00. The first kappa shape index (κ1) is 22.6. The normalized spacial score (nSPS) is 11.6. The summed E-state index contributed by atoms with van der Waals surface area (Å²) in [7, 11) is 3.91. The number of anilines is 3. The van der Waals surface area contributed by atoms with Crippen molar-refractivity contribution in [3.05, 3.63) is 40.2 Å². The lowest BCUT2D eigenvalue weighted by atomic mass is 10.1. The van der Waals surface area contributed by atoms with Crippen molar-refractivity contribution in [1.29, 1.82) is 0 Å². The number of carbonyl (C=O) groups excluding carboxylic acids is 1. The molecule has 0 unspecified atom stereocenters. The standard InChI is InChI=1S/C20H23F2N7OS/c1-11-6-17(28-19(24-11)20(3,21)22)26-14-7-16(25-12(2)30)23-8-13(14)15-10-31-18(27-15)9-29(4)5/h6-8,10H,9H2,1-5H3,(H2,23,24,25,26,28,30). The predicted octanol–water partition coefficient (Wildman–Crippen LogP) is 4.18. The Morgan fingerprint density at radius 1 is 1.19 bits per heavy atom. The van der Waals surface area contributed by atoms with Gasteiger partial charge in [-0.1, -0.05) is 0 Å². The summed E-state index contributed by atoms with van der Waals surface area (Å²) in [4.78, 5) is 30.2. The molecule has 0 saturated carbocycles. The van der Waals surface area contributed by atoms with E-state index < -0.39 is 11.7 Å². The molecule has 0 atom stereocenters. The van der Waals surface area contributed by atoms with Crippen LogP contribution in [0.15, 0.2) is 23.7 Å². The van der Waals surface area contributed by atoms with Gasteiger partial charge in [-0.25, -0.2) is 19.9 Å². The minimum Gasteiger partial charge on any atom is -0.339 e. The van der Waals surface area contributed by atoms with Crippen LogP contribution < -0.4 is 10.6 Å². The van der Waals surface area contributed by atoms with E-state index in [0.29, 0.717) is 35.0 Å². The Hall–Kier alpha value is -3.05. The van der Waals surface area contributed by atoms with Gasteiger partial charge in [-0.15, -0.1) is 11.3 Å². The van der Waals surface area contributed by atoms with Crippen LogP contribution in [0.1, 0.15) is 30.4 Å². The molecule has 0 spiro atoms. The Morgan fingerprint density at radius 2 is 1.94 bits per heavy atom. The second-order valence-electron chi connectivity index (χ2n) is 7.39. The Kier molecular flexibility index (Phi) is 6.56. The van der Waals surface area contributed by atoms with Gasteiger partial charge in [0.1, 0.15) is 16.6 Å². The fourth-order valence-electron chi connectivity index (χ4n) is 2.76. The van der Waals surface area contributed by atoms with Crippen molar-refractivity contribution in [2.75, 3.05) is 24.7 Å². The molecule has 11 heteroatoms. The molecule has 3 aromatic heterocycles. The second kappa shape index (κ2) is 8.98. The van der Waals surface area contributed by atoms with E-state index in [1.165, 1.54) is 18.3 Å². The number of hydrogen-bond acceptors (Lipinski definition) is 8. The second-order valence-corrected chi connectivity index (χ2v) is 8.33. The number of alkyl halides is 2. The summed E-state index contributed by atoms with van der Waals surface area (Å²) in [5, 5.41) is 8.51. The number of carbonyl (C=O) groups is 1. The fourth-order valence-corrected chi connectivity index (χ4v) is 3.67. The van der Waals surface area contributed by atoms with Crippen LogP contribution in [0, 0.1) is 6.92 Å². The van der Waals surface area contributed by atoms with E-state index in [1.54, 1.807) is 25.3 Å². The molecule has 0 aromatic carbocycles. The number of pyridine rings is 1. The first-order valence-corrected chi connectivity index (χ1v) is 10.3. The number of amides is 1. The van der Waals surface area contributed by atoms with E-state index in [-0.39, 0.29) is 11.7 Å². The Bertz CT molecular complexity index is 1100. The summed E-state index contributed by atoms with van der Waals surface area (Å²) in [6.07, 6.45) is 1.57. The molecule has 31 heavy (non-hydrogen) atoms. The van der Waals surface area contributed by atoms with Crippen LogP contribution in [0.4, 0.5) is 26.1 Å². The molecular formula is C20H23F2N7OS. The molecule has 0 aliphatic carbocycles. The van der Waals surface area contributed by atoms with Gasteiger partial charge in [-0.3, -0.25) is 4.79 Å². The maximum absolute atomic E-state index is 13.8. The molecule has 0 aliphatic rings. The van der Waals surface area contributed by atoms with Gasteiger partial charge in [0.15, 0.2) is 0 Å². The summed E-state index contributed by atoms with van der Waals surface area (Å²) in [5.74, 6) is -3.52. The molecule has 1 amide bonds. The van der Waals surface area contributed by atoms with E-state index in [4.69, 9.17) is 0 Å². The Labute approximate surface area is 182 Å². The molecule has 0 aliphatic heterocycles. The average Bonchev–Trinajstić information content (AvgIpc) is 3.07. The van der Waals surface area contributed by atoms with Gasteiger partial charge >= 0.3 is 5.92 Å². The van der Waals surface area contributed by atoms with E-state index in [2.05, 4.69) is 30.6 Å². The zero-order valence-corrected chi connectivity index (χ0v) is 18.6. The van der Waals surface area contributed by atoms with Crippen LogP contribution in [0.2, 0.25) is 0 Å². The third-order valence-corrected chi connectivity index (χ3v) is 4.83. The average molecular weight is 448 g/mol. The maximum Gasteiger partial charge on any atom is 0.303 e.